The summed E-state index contributed by atoms with van der Waals surface area (Å²) < 4.78 is 19.6. The highest BCUT2D eigenvalue weighted by Crippen LogP contribution is 2.41. The Balaban J connectivity index is 2.29. The number of aryl methyl sites for hydroxylation is 1. The van der Waals surface area contributed by atoms with E-state index in [1.54, 1.807) is 39.0 Å². The normalized spacial score (nSPS) is 12.9. The van der Waals surface area contributed by atoms with Crippen LogP contribution < -0.4 is 4.74 Å². The third-order valence-electron chi connectivity index (χ3n) is 3.96. The Labute approximate surface area is 128 Å². The van der Waals surface area contributed by atoms with E-state index in [0.29, 0.717) is 34.6 Å². The molecule has 0 bridgehead atoms. The van der Waals surface area contributed by atoms with Crippen LogP contribution in [-0.2, 0) is 12.2 Å². The van der Waals surface area contributed by atoms with E-state index in [-0.39, 0.29) is 5.82 Å². The van der Waals surface area contributed by atoms with E-state index in [0.717, 1.165) is 11.1 Å². The molecule has 4 heteroatoms. The van der Waals surface area contributed by atoms with Crippen LogP contribution in [0.1, 0.15) is 36.1 Å². The monoisotopic (exact) mass is 297 g/mol. The predicted octanol–water partition coefficient (Wildman–Crippen LogP) is 3.79. The number of hydrogen-bond donors (Lipinski definition) is 1. The minimum Gasteiger partial charge on any atom is -0.488 e. The van der Waals surface area contributed by atoms with Gasteiger partial charge in [-0.15, -0.1) is 0 Å². The minimum atomic E-state index is -1.15. The van der Waals surface area contributed by atoms with Crippen LogP contribution in [0.15, 0.2) is 24.3 Å². The number of aliphatic hydroxyl groups is 1. The number of benzene rings is 2. The lowest BCUT2D eigenvalue weighted by Gasteiger charge is -2.26. The summed E-state index contributed by atoms with van der Waals surface area (Å²) in [5.41, 5.74) is 2.59. The molecular weight excluding hydrogens is 281 g/mol. The first-order valence-electron chi connectivity index (χ1n) is 7.04. The second kappa shape index (κ2) is 4.82. The molecule has 22 heavy (non-hydrogen) atoms. The van der Waals surface area contributed by atoms with Gasteiger partial charge >= 0.3 is 0 Å². The van der Waals surface area contributed by atoms with Crippen molar-refractivity contribution in [3.05, 3.63) is 52.3 Å². The maximum absolute atomic E-state index is 13.9. The molecule has 0 spiro atoms. The van der Waals surface area contributed by atoms with Crippen molar-refractivity contribution in [2.45, 2.75) is 33.0 Å². The van der Waals surface area contributed by atoms with Crippen molar-refractivity contribution in [3.8, 4) is 22.9 Å². The number of ether oxygens (including phenoxy) is 1. The fraction of sp³-hybridized carbons (Fsp3) is 0.278. The molecule has 1 N–H and O–H groups in total. The van der Waals surface area contributed by atoms with Crippen molar-refractivity contribution < 1.29 is 14.2 Å². The first kappa shape index (κ1) is 14.6. The lowest BCUT2D eigenvalue weighted by atomic mass is 9.86. The summed E-state index contributed by atoms with van der Waals surface area (Å²) in [5, 5.41) is 19.6. The van der Waals surface area contributed by atoms with E-state index in [2.05, 4.69) is 6.07 Å². The van der Waals surface area contributed by atoms with Crippen molar-refractivity contribution in [3.63, 3.8) is 0 Å². The highest BCUT2D eigenvalue weighted by molar-refractivity contribution is 5.77. The molecule has 0 saturated carbocycles. The molecule has 3 rings (SSSR count). The lowest BCUT2D eigenvalue weighted by Crippen LogP contribution is -2.19. The van der Waals surface area contributed by atoms with Gasteiger partial charge in [0.05, 0.1) is 17.2 Å². The van der Waals surface area contributed by atoms with Crippen LogP contribution >= 0.6 is 0 Å². The van der Waals surface area contributed by atoms with Crippen LogP contribution in [0.5, 0.6) is 5.75 Å². The van der Waals surface area contributed by atoms with E-state index < -0.39 is 5.60 Å². The maximum atomic E-state index is 13.9. The van der Waals surface area contributed by atoms with Gasteiger partial charge in [0.15, 0.2) is 0 Å². The summed E-state index contributed by atoms with van der Waals surface area (Å²) in [6.07, 6.45) is 0. The van der Waals surface area contributed by atoms with E-state index in [9.17, 15) is 14.8 Å². The average Bonchev–Trinajstić information content (AvgIpc) is 2.46. The van der Waals surface area contributed by atoms with E-state index in [4.69, 9.17) is 4.74 Å². The van der Waals surface area contributed by atoms with Crippen LogP contribution in [-0.4, -0.2) is 5.11 Å². The molecular formula is C18H16FNO2. The summed E-state index contributed by atoms with van der Waals surface area (Å²) in [4.78, 5) is 0. The highest BCUT2D eigenvalue weighted by atomic mass is 19.1. The van der Waals surface area contributed by atoms with Gasteiger partial charge in [-0.2, -0.15) is 5.26 Å². The number of halogens is 1. The van der Waals surface area contributed by atoms with Gasteiger partial charge in [0, 0.05) is 11.1 Å². The molecule has 1 aliphatic rings. The van der Waals surface area contributed by atoms with Gasteiger partial charge in [0.1, 0.15) is 18.2 Å². The standard InChI is InChI=1S/C18H16FNO2/c1-10-4-17-14(7-16(10)19)13-6-15(18(2,3)21)11(8-20)5-12(13)9-22-17/h4-7,21H,9H2,1-3H3. The van der Waals surface area contributed by atoms with Crippen molar-refractivity contribution in [1.29, 1.82) is 5.26 Å². The first-order chi connectivity index (χ1) is 10.3. The average molecular weight is 297 g/mol. The zero-order valence-electron chi connectivity index (χ0n) is 12.7. The molecule has 0 amide bonds. The number of fused-ring (bicyclic) bond motifs is 3. The van der Waals surface area contributed by atoms with Crippen LogP contribution in [0.3, 0.4) is 0 Å². The van der Waals surface area contributed by atoms with Crippen LogP contribution in [0.4, 0.5) is 4.39 Å². The quantitative estimate of drug-likeness (QED) is 0.871. The molecule has 1 heterocycles. The molecule has 0 atom stereocenters. The number of nitrogens with zero attached hydrogens (tertiary/aromatic N) is 1. The SMILES string of the molecule is Cc1cc2c(cc1F)-c1cc(C(C)(C)O)c(C#N)cc1CO2. The summed E-state index contributed by atoms with van der Waals surface area (Å²) in [6, 6.07) is 8.71. The fourth-order valence-electron chi connectivity index (χ4n) is 2.75. The Kier molecular flexibility index (Phi) is 3.19. The van der Waals surface area contributed by atoms with E-state index >= 15 is 0 Å². The second-order valence-corrected chi connectivity index (χ2v) is 6.11. The lowest BCUT2D eigenvalue weighted by molar-refractivity contribution is 0.0783. The van der Waals surface area contributed by atoms with Crippen molar-refractivity contribution in [2.24, 2.45) is 0 Å². The molecule has 0 aromatic heterocycles. The molecule has 0 saturated heterocycles. The smallest absolute Gasteiger partial charge is 0.128 e. The maximum Gasteiger partial charge on any atom is 0.128 e. The molecule has 0 unspecified atom stereocenters. The van der Waals surface area contributed by atoms with Gasteiger partial charge in [-0.3, -0.25) is 0 Å². The topological polar surface area (TPSA) is 53.2 Å². The van der Waals surface area contributed by atoms with E-state index in [1.165, 1.54) is 6.07 Å². The molecule has 1 aliphatic heterocycles. The highest BCUT2D eigenvalue weighted by Gasteiger charge is 2.26. The Bertz CT molecular complexity index is 813. The number of hydrogen-bond acceptors (Lipinski definition) is 3. The summed E-state index contributed by atoms with van der Waals surface area (Å²) in [5.74, 6) is 0.321. The number of rotatable bonds is 1. The van der Waals surface area contributed by atoms with Gasteiger partial charge in [0.2, 0.25) is 0 Å². The minimum absolute atomic E-state index is 0.302. The Morgan fingerprint density at radius 2 is 1.95 bits per heavy atom. The first-order valence-corrected chi connectivity index (χ1v) is 7.04. The van der Waals surface area contributed by atoms with Crippen molar-refractivity contribution >= 4 is 0 Å². The molecule has 0 aliphatic carbocycles. The number of nitriles is 1. The van der Waals surface area contributed by atoms with Gasteiger partial charge < -0.3 is 9.84 Å². The summed E-state index contributed by atoms with van der Waals surface area (Å²) >= 11 is 0. The largest absolute Gasteiger partial charge is 0.488 e. The van der Waals surface area contributed by atoms with Gasteiger partial charge in [-0.1, -0.05) is 0 Å². The van der Waals surface area contributed by atoms with Gasteiger partial charge in [-0.25, -0.2) is 4.39 Å². The molecule has 3 nitrogen and oxygen atoms in total. The molecule has 112 valence electrons. The summed E-state index contributed by atoms with van der Waals surface area (Å²) in [6.45, 7) is 5.28. The third kappa shape index (κ3) is 2.24. The van der Waals surface area contributed by atoms with Gasteiger partial charge in [-0.05, 0) is 61.7 Å². The van der Waals surface area contributed by atoms with Crippen LogP contribution in [0.25, 0.3) is 11.1 Å². The van der Waals surface area contributed by atoms with Crippen molar-refractivity contribution in [1.82, 2.24) is 0 Å². The van der Waals surface area contributed by atoms with Gasteiger partial charge in [0.25, 0.3) is 0 Å². The van der Waals surface area contributed by atoms with Crippen molar-refractivity contribution in [2.75, 3.05) is 0 Å². The second-order valence-electron chi connectivity index (χ2n) is 6.11. The van der Waals surface area contributed by atoms with E-state index in [1.807, 2.05) is 0 Å². The van der Waals surface area contributed by atoms with Crippen LogP contribution in [0.2, 0.25) is 0 Å². The fourth-order valence-corrected chi connectivity index (χ4v) is 2.75. The van der Waals surface area contributed by atoms with Crippen LogP contribution in [0, 0.1) is 24.1 Å². The zero-order chi connectivity index (χ0) is 16.1. The predicted molar refractivity (Wildman–Crippen MR) is 80.9 cm³/mol. The molecule has 0 fully saturated rings. The molecule has 2 aromatic rings. The summed E-state index contributed by atoms with van der Waals surface area (Å²) in [7, 11) is 0. The molecule has 0 radical (unpaired) electrons. The third-order valence-corrected chi connectivity index (χ3v) is 3.96. The Morgan fingerprint density at radius 3 is 2.59 bits per heavy atom. The Morgan fingerprint density at radius 1 is 1.23 bits per heavy atom. The zero-order valence-corrected chi connectivity index (χ0v) is 12.7. The Hall–Kier alpha value is -2.38. The molecule has 2 aromatic carbocycles.